The van der Waals surface area contributed by atoms with Crippen LogP contribution in [0.15, 0.2) is 0 Å². The molecule has 1 saturated heterocycles. The number of likely N-dealkylation sites (tertiary alicyclic amines) is 1. The Kier molecular flexibility index (Phi) is 2.37. The van der Waals surface area contributed by atoms with E-state index in [4.69, 9.17) is 4.74 Å². The molecule has 0 amide bonds. The van der Waals surface area contributed by atoms with Crippen LogP contribution in [0.25, 0.3) is 0 Å². The minimum atomic E-state index is 0.550. The van der Waals surface area contributed by atoms with Gasteiger partial charge in [0.25, 0.3) is 0 Å². The van der Waals surface area contributed by atoms with Crippen LogP contribution in [-0.4, -0.2) is 37.7 Å². The number of rotatable bonds is 1. The normalized spacial score (nSPS) is 43.0. The van der Waals surface area contributed by atoms with Crippen LogP contribution in [0.1, 0.15) is 25.7 Å². The second-order valence-corrected chi connectivity index (χ2v) is 4.21. The predicted molar refractivity (Wildman–Crippen MR) is 49.2 cm³/mol. The van der Waals surface area contributed by atoms with E-state index >= 15 is 0 Å². The van der Waals surface area contributed by atoms with Gasteiger partial charge in [0.1, 0.15) is 0 Å². The summed E-state index contributed by atoms with van der Waals surface area (Å²) in [7, 11) is 4.12. The highest BCUT2D eigenvalue weighted by atomic mass is 16.5. The van der Waals surface area contributed by atoms with Gasteiger partial charge < -0.3 is 9.64 Å². The Bertz CT molecular complexity index is 160. The van der Waals surface area contributed by atoms with Crippen LogP contribution < -0.4 is 0 Å². The summed E-state index contributed by atoms with van der Waals surface area (Å²) in [4.78, 5) is 2.51. The smallest absolute Gasteiger partial charge is 0.0614 e. The Morgan fingerprint density at radius 3 is 2.83 bits per heavy atom. The van der Waals surface area contributed by atoms with E-state index < -0.39 is 0 Å². The largest absolute Gasteiger partial charge is 0.381 e. The lowest BCUT2D eigenvalue weighted by Gasteiger charge is -2.34. The molecule has 3 atom stereocenters. The molecule has 70 valence electrons. The van der Waals surface area contributed by atoms with Crippen LogP contribution in [-0.2, 0) is 4.74 Å². The van der Waals surface area contributed by atoms with Gasteiger partial charge in [-0.15, -0.1) is 0 Å². The molecule has 1 aliphatic carbocycles. The van der Waals surface area contributed by atoms with Gasteiger partial charge in [-0.05, 0) is 39.3 Å². The summed E-state index contributed by atoms with van der Waals surface area (Å²) in [6.45, 7) is 1.27. The number of ether oxygens (including phenoxy) is 1. The third-order valence-electron chi connectivity index (χ3n) is 3.64. The molecule has 0 N–H and O–H groups in total. The van der Waals surface area contributed by atoms with Gasteiger partial charge in [-0.1, -0.05) is 0 Å². The van der Waals surface area contributed by atoms with Gasteiger partial charge in [-0.2, -0.15) is 0 Å². The maximum atomic E-state index is 5.53. The first-order chi connectivity index (χ1) is 5.83. The Balaban J connectivity index is 2.04. The maximum Gasteiger partial charge on any atom is 0.0614 e. The fourth-order valence-electron chi connectivity index (χ4n) is 2.94. The molecule has 0 bridgehead atoms. The van der Waals surface area contributed by atoms with Crippen LogP contribution in [0.5, 0.6) is 0 Å². The molecule has 2 aliphatic rings. The number of fused-ring (bicyclic) bond motifs is 1. The molecule has 0 radical (unpaired) electrons. The molecule has 2 fully saturated rings. The zero-order valence-corrected chi connectivity index (χ0v) is 8.12. The molecule has 2 nitrogen and oxygen atoms in total. The van der Waals surface area contributed by atoms with E-state index in [9.17, 15) is 0 Å². The van der Waals surface area contributed by atoms with Crippen molar-refractivity contribution in [3.05, 3.63) is 0 Å². The average molecular weight is 169 g/mol. The lowest BCUT2D eigenvalue weighted by Crippen LogP contribution is -2.39. The molecule has 1 aliphatic heterocycles. The van der Waals surface area contributed by atoms with E-state index in [2.05, 4.69) is 11.9 Å². The first-order valence-electron chi connectivity index (χ1n) is 5.06. The summed E-state index contributed by atoms with van der Waals surface area (Å²) in [5.74, 6) is 0.828. The van der Waals surface area contributed by atoms with E-state index in [1.165, 1.54) is 32.2 Å². The van der Waals surface area contributed by atoms with Gasteiger partial charge in [-0.25, -0.2) is 0 Å². The van der Waals surface area contributed by atoms with Crippen molar-refractivity contribution in [1.82, 2.24) is 4.90 Å². The molecule has 1 heterocycles. The van der Waals surface area contributed by atoms with Crippen molar-refractivity contribution in [3.8, 4) is 0 Å². The number of nitrogens with zero attached hydrogens (tertiary/aromatic N) is 1. The SMILES string of the molecule is COC1CCC[C@H]2[C@@H]1CCN2C. The second-order valence-electron chi connectivity index (χ2n) is 4.21. The molecule has 12 heavy (non-hydrogen) atoms. The molecule has 0 spiro atoms. The highest BCUT2D eigenvalue weighted by molar-refractivity contribution is 4.93. The minimum Gasteiger partial charge on any atom is -0.381 e. The Morgan fingerprint density at radius 2 is 2.08 bits per heavy atom. The standard InChI is InChI=1S/C10H19NO/c1-11-7-6-8-9(11)4-3-5-10(8)12-2/h8-10H,3-7H2,1-2H3/t8-,9-,10?/m0/s1. The Labute approximate surface area is 74.9 Å². The summed E-state index contributed by atoms with van der Waals surface area (Å²) in [6, 6.07) is 0.823. The number of methoxy groups -OCH3 is 1. The van der Waals surface area contributed by atoms with E-state index in [1.54, 1.807) is 0 Å². The molecular formula is C10H19NO. The van der Waals surface area contributed by atoms with Crippen molar-refractivity contribution >= 4 is 0 Å². The van der Waals surface area contributed by atoms with Crippen LogP contribution >= 0.6 is 0 Å². The van der Waals surface area contributed by atoms with Gasteiger partial charge in [0.2, 0.25) is 0 Å². The van der Waals surface area contributed by atoms with Gasteiger partial charge in [-0.3, -0.25) is 0 Å². The molecule has 1 unspecified atom stereocenters. The molecular weight excluding hydrogens is 150 g/mol. The predicted octanol–water partition coefficient (Wildman–Crippen LogP) is 1.51. The fraction of sp³-hybridized carbons (Fsp3) is 1.00. The van der Waals surface area contributed by atoms with Crippen molar-refractivity contribution in [2.75, 3.05) is 20.7 Å². The lowest BCUT2D eigenvalue weighted by atomic mass is 9.82. The molecule has 0 aromatic rings. The van der Waals surface area contributed by atoms with E-state index in [0.717, 1.165) is 12.0 Å². The summed E-state index contributed by atoms with van der Waals surface area (Å²) >= 11 is 0. The summed E-state index contributed by atoms with van der Waals surface area (Å²) in [5, 5.41) is 0. The zero-order valence-electron chi connectivity index (χ0n) is 8.12. The first kappa shape index (κ1) is 8.52. The molecule has 2 heteroatoms. The maximum absolute atomic E-state index is 5.53. The third kappa shape index (κ3) is 1.27. The fourth-order valence-corrected chi connectivity index (χ4v) is 2.94. The van der Waals surface area contributed by atoms with Crippen molar-refractivity contribution in [2.24, 2.45) is 5.92 Å². The summed E-state index contributed by atoms with van der Waals surface area (Å²) in [5.41, 5.74) is 0. The van der Waals surface area contributed by atoms with E-state index in [1.807, 2.05) is 7.11 Å². The van der Waals surface area contributed by atoms with Crippen molar-refractivity contribution in [1.29, 1.82) is 0 Å². The Morgan fingerprint density at radius 1 is 1.25 bits per heavy atom. The van der Waals surface area contributed by atoms with E-state index in [0.29, 0.717) is 6.10 Å². The van der Waals surface area contributed by atoms with Crippen LogP contribution in [0.4, 0.5) is 0 Å². The van der Waals surface area contributed by atoms with Crippen molar-refractivity contribution < 1.29 is 4.74 Å². The first-order valence-corrected chi connectivity index (χ1v) is 5.06. The average Bonchev–Trinajstić information content (AvgIpc) is 2.48. The highest BCUT2D eigenvalue weighted by Crippen LogP contribution is 2.36. The van der Waals surface area contributed by atoms with Gasteiger partial charge in [0.15, 0.2) is 0 Å². The van der Waals surface area contributed by atoms with E-state index in [-0.39, 0.29) is 0 Å². The summed E-state index contributed by atoms with van der Waals surface area (Å²) in [6.07, 6.45) is 5.92. The monoisotopic (exact) mass is 169 g/mol. The van der Waals surface area contributed by atoms with Crippen LogP contribution in [0.2, 0.25) is 0 Å². The number of hydrogen-bond acceptors (Lipinski definition) is 2. The zero-order chi connectivity index (χ0) is 8.55. The third-order valence-corrected chi connectivity index (χ3v) is 3.64. The van der Waals surface area contributed by atoms with Gasteiger partial charge in [0, 0.05) is 19.1 Å². The van der Waals surface area contributed by atoms with Gasteiger partial charge in [0.05, 0.1) is 6.10 Å². The van der Waals surface area contributed by atoms with Crippen molar-refractivity contribution in [3.63, 3.8) is 0 Å². The molecule has 2 rings (SSSR count). The lowest BCUT2D eigenvalue weighted by molar-refractivity contribution is 0.00836. The topological polar surface area (TPSA) is 12.5 Å². The second kappa shape index (κ2) is 3.35. The molecule has 0 aromatic heterocycles. The highest BCUT2D eigenvalue weighted by Gasteiger charge is 2.39. The number of hydrogen-bond donors (Lipinski definition) is 0. The van der Waals surface area contributed by atoms with Crippen molar-refractivity contribution in [2.45, 2.75) is 37.8 Å². The summed E-state index contributed by atoms with van der Waals surface area (Å²) < 4.78 is 5.53. The molecule has 1 saturated carbocycles. The van der Waals surface area contributed by atoms with Crippen LogP contribution in [0, 0.1) is 5.92 Å². The minimum absolute atomic E-state index is 0.550. The van der Waals surface area contributed by atoms with Crippen LogP contribution in [0.3, 0.4) is 0 Å². The van der Waals surface area contributed by atoms with Gasteiger partial charge >= 0.3 is 0 Å². The Hall–Kier alpha value is -0.0800. The molecule has 0 aromatic carbocycles. The quantitative estimate of drug-likeness (QED) is 0.590.